The Balaban J connectivity index is 2.26. The van der Waals surface area contributed by atoms with Crippen LogP contribution in [-0.4, -0.2) is 11.1 Å². The van der Waals surface area contributed by atoms with Gasteiger partial charge in [-0.25, -0.2) is 9.18 Å². The first-order valence-electron chi connectivity index (χ1n) is 5.79. The summed E-state index contributed by atoms with van der Waals surface area (Å²) >= 11 is 8.90. The van der Waals surface area contributed by atoms with E-state index in [0.717, 1.165) is 6.08 Å². The molecule has 108 valence electrons. The molecule has 0 saturated heterocycles. The monoisotopic (exact) mass is 370 g/mol. The van der Waals surface area contributed by atoms with Crippen LogP contribution in [0.5, 0.6) is 11.5 Å². The van der Waals surface area contributed by atoms with Crippen molar-refractivity contribution in [1.82, 2.24) is 0 Å². The van der Waals surface area contributed by atoms with E-state index in [0.29, 0.717) is 15.8 Å². The Kier molecular flexibility index (Phi) is 4.98. The summed E-state index contributed by atoms with van der Waals surface area (Å²) in [5.74, 6) is -0.901. The molecule has 2 aromatic carbocycles. The highest BCUT2D eigenvalue weighted by Gasteiger charge is 2.09. The molecule has 0 atom stereocenters. The van der Waals surface area contributed by atoms with E-state index in [1.807, 2.05) is 0 Å². The number of hydrogen-bond acceptors (Lipinski definition) is 2. The summed E-state index contributed by atoms with van der Waals surface area (Å²) in [4.78, 5) is 10.5. The van der Waals surface area contributed by atoms with Crippen molar-refractivity contribution in [2.75, 3.05) is 0 Å². The van der Waals surface area contributed by atoms with Crippen LogP contribution in [0.4, 0.5) is 4.39 Å². The first kappa shape index (κ1) is 15.5. The van der Waals surface area contributed by atoms with Gasteiger partial charge in [0.05, 0.1) is 9.50 Å². The van der Waals surface area contributed by atoms with Crippen LogP contribution < -0.4 is 4.74 Å². The number of benzene rings is 2. The lowest BCUT2D eigenvalue weighted by Crippen LogP contribution is -1.89. The highest BCUT2D eigenvalue weighted by molar-refractivity contribution is 9.10. The maximum atomic E-state index is 13.4. The van der Waals surface area contributed by atoms with Crippen molar-refractivity contribution in [1.29, 1.82) is 0 Å². The zero-order valence-corrected chi connectivity index (χ0v) is 12.9. The van der Waals surface area contributed by atoms with E-state index in [9.17, 15) is 9.18 Å². The Morgan fingerprint density at radius 1 is 1.33 bits per heavy atom. The molecule has 0 bridgehead atoms. The number of carbonyl (C=O) groups is 1. The fourth-order valence-electron chi connectivity index (χ4n) is 1.56. The average molecular weight is 372 g/mol. The third kappa shape index (κ3) is 4.31. The summed E-state index contributed by atoms with van der Waals surface area (Å²) in [5, 5.41) is 8.59. The fraction of sp³-hybridized carbons (Fsp3) is 0. The minimum absolute atomic E-state index is 0.00707. The van der Waals surface area contributed by atoms with E-state index in [2.05, 4.69) is 15.9 Å². The normalized spacial score (nSPS) is 10.8. The van der Waals surface area contributed by atoms with Gasteiger partial charge in [-0.15, -0.1) is 0 Å². The van der Waals surface area contributed by atoms with Crippen LogP contribution in [0.1, 0.15) is 5.56 Å². The van der Waals surface area contributed by atoms with E-state index in [-0.39, 0.29) is 10.8 Å². The molecule has 0 spiro atoms. The number of carboxylic acids is 1. The number of carboxylic acid groups (broad SMARTS) is 1. The summed E-state index contributed by atoms with van der Waals surface area (Å²) in [6.07, 6.45) is 2.46. The molecule has 6 heteroatoms. The maximum Gasteiger partial charge on any atom is 0.328 e. The van der Waals surface area contributed by atoms with Gasteiger partial charge in [-0.3, -0.25) is 0 Å². The number of ether oxygens (including phenoxy) is 1. The summed E-state index contributed by atoms with van der Waals surface area (Å²) in [6.45, 7) is 0. The van der Waals surface area contributed by atoms with Crippen molar-refractivity contribution >= 4 is 39.6 Å². The van der Waals surface area contributed by atoms with E-state index < -0.39 is 11.8 Å². The van der Waals surface area contributed by atoms with Crippen LogP contribution in [0.15, 0.2) is 46.9 Å². The quantitative estimate of drug-likeness (QED) is 0.598. The molecule has 21 heavy (non-hydrogen) atoms. The molecule has 2 rings (SSSR count). The summed E-state index contributed by atoms with van der Waals surface area (Å²) in [5.41, 5.74) is 0.653. The molecule has 1 N–H and O–H groups in total. The molecule has 0 aliphatic rings. The highest BCUT2D eigenvalue weighted by Crippen LogP contribution is 2.34. The standard InChI is InChI=1S/C15H9BrClFO3/c16-11-7-12(17)13(18)8-14(11)21-10-3-1-2-9(6-10)4-5-15(19)20/h1-8H,(H,19,20)/b5-4+. The third-order valence-corrected chi connectivity index (χ3v) is 3.39. The molecule has 0 amide bonds. The molecule has 0 aromatic heterocycles. The molecular weight excluding hydrogens is 363 g/mol. The molecule has 0 unspecified atom stereocenters. The second kappa shape index (κ2) is 6.74. The minimum Gasteiger partial charge on any atom is -0.478 e. The summed E-state index contributed by atoms with van der Waals surface area (Å²) in [6, 6.07) is 9.32. The van der Waals surface area contributed by atoms with E-state index >= 15 is 0 Å². The predicted molar refractivity (Wildman–Crippen MR) is 82.3 cm³/mol. The summed E-state index contributed by atoms with van der Waals surface area (Å²) < 4.78 is 19.5. The van der Waals surface area contributed by atoms with Crippen molar-refractivity contribution in [3.8, 4) is 11.5 Å². The zero-order chi connectivity index (χ0) is 15.4. The number of halogens is 3. The highest BCUT2D eigenvalue weighted by atomic mass is 79.9. The van der Waals surface area contributed by atoms with Crippen LogP contribution in [-0.2, 0) is 4.79 Å². The molecule has 2 aromatic rings. The number of hydrogen-bond donors (Lipinski definition) is 1. The molecule has 0 aliphatic heterocycles. The van der Waals surface area contributed by atoms with Crippen molar-refractivity contribution in [3.05, 3.63) is 63.4 Å². The Bertz CT molecular complexity index is 716. The largest absolute Gasteiger partial charge is 0.478 e. The van der Waals surface area contributed by atoms with Gasteiger partial charge in [0, 0.05) is 12.1 Å². The van der Waals surface area contributed by atoms with Gasteiger partial charge in [0.25, 0.3) is 0 Å². The number of aliphatic carboxylic acids is 1. The van der Waals surface area contributed by atoms with Crippen molar-refractivity contribution in [2.24, 2.45) is 0 Å². The predicted octanol–water partition coefficient (Wildman–Crippen LogP) is 5.13. The molecular formula is C15H9BrClFO3. The Labute approximate surface area is 133 Å². The van der Waals surface area contributed by atoms with E-state index in [1.165, 1.54) is 18.2 Å². The SMILES string of the molecule is O=C(O)/C=C/c1cccc(Oc2cc(F)c(Cl)cc2Br)c1. The maximum absolute atomic E-state index is 13.4. The van der Waals surface area contributed by atoms with Crippen LogP contribution in [0.2, 0.25) is 5.02 Å². The van der Waals surface area contributed by atoms with Crippen LogP contribution in [0, 0.1) is 5.82 Å². The summed E-state index contributed by atoms with van der Waals surface area (Å²) in [7, 11) is 0. The Hall–Kier alpha value is -1.85. The first-order valence-corrected chi connectivity index (χ1v) is 6.96. The van der Waals surface area contributed by atoms with Gasteiger partial charge in [0.15, 0.2) is 0 Å². The second-order valence-electron chi connectivity index (χ2n) is 4.04. The lowest BCUT2D eigenvalue weighted by atomic mass is 10.2. The Morgan fingerprint density at radius 3 is 2.81 bits per heavy atom. The fourth-order valence-corrected chi connectivity index (χ4v) is 2.28. The Morgan fingerprint density at radius 2 is 2.10 bits per heavy atom. The van der Waals surface area contributed by atoms with Gasteiger partial charge in [-0.2, -0.15) is 0 Å². The van der Waals surface area contributed by atoms with Crippen LogP contribution in [0.25, 0.3) is 6.08 Å². The first-order chi connectivity index (χ1) is 9.95. The lowest BCUT2D eigenvalue weighted by Gasteiger charge is -2.09. The van der Waals surface area contributed by atoms with E-state index in [4.69, 9.17) is 21.4 Å². The van der Waals surface area contributed by atoms with Crippen LogP contribution in [0.3, 0.4) is 0 Å². The molecule has 0 radical (unpaired) electrons. The molecule has 0 aliphatic carbocycles. The molecule has 0 saturated carbocycles. The average Bonchev–Trinajstić information content (AvgIpc) is 2.43. The number of rotatable bonds is 4. The van der Waals surface area contributed by atoms with Gasteiger partial charge < -0.3 is 9.84 Å². The van der Waals surface area contributed by atoms with Gasteiger partial charge in [-0.1, -0.05) is 23.7 Å². The van der Waals surface area contributed by atoms with Crippen LogP contribution >= 0.6 is 27.5 Å². The van der Waals surface area contributed by atoms with Gasteiger partial charge in [-0.05, 0) is 45.8 Å². The second-order valence-corrected chi connectivity index (χ2v) is 5.30. The van der Waals surface area contributed by atoms with E-state index in [1.54, 1.807) is 24.3 Å². The van der Waals surface area contributed by atoms with Crippen molar-refractivity contribution in [2.45, 2.75) is 0 Å². The lowest BCUT2D eigenvalue weighted by molar-refractivity contribution is -0.131. The van der Waals surface area contributed by atoms with Gasteiger partial charge in [0.2, 0.25) is 0 Å². The van der Waals surface area contributed by atoms with Gasteiger partial charge in [0.1, 0.15) is 17.3 Å². The molecule has 0 heterocycles. The third-order valence-electron chi connectivity index (χ3n) is 2.48. The zero-order valence-electron chi connectivity index (χ0n) is 10.5. The topological polar surface area (TPSA) is 46.5 Å². The van der Waals surface area contributed by atoms with Crippen molar-refractivity contribution in [3.63, 3.8) is 0 Å². The minimum atomic E-state index is -1.04. The molecule has 0 fully saturated rings. The molecule has 3 nitrogen and oxygen atoms in total. The smallest absolute Gasteiger partial charge is 0.328 e. The van der Waals surface area contributed by atoms with Crippen molar-refractivity contribution < 1.29 is 19.0 Å². The van der Waals surface area contributed by atoms with Gasteiger partial charge >= 0.3 is 5.97 Å².